The minimum atomic E-state index is -3.93. The summed E-state index contributed by atoms with van der Waals surface area (Å²) in [5, 5.41) is 2.73. The number of methoxy groups -OCH3 is 1. The monoisotopic (exact) mass is 482 g/mol. The number of benzene rings is 3. The van der Waals surface area contributed by atoms with Gasteiger partial charge >= 0.3 is 0 Å². The maximum absolute atomic E-state index is 13.4. The molecule has 0 aliphatic rings. The smallest absolute Gasteiger partial charge is 0.264 e. The minimum Gasteiger partial charge on any atom is -0.497 e. The molecule has 0 aromatic heterocycles. The molecule has 34 heavy (non-hydrogen) atoms. The van der Waals surface area contributed by atoms with E-state index < -0.39 is 15.9 Å². The standard InChI is InChI=1S/C26H30N2O5S/c1-20(2)21-9-11-22(12-10-21)28(34(30,31)25-7-5-4-6-8-25)19-26(29)27-17-18-33-24-15-13-23(32-3)14-16-24/h4-16,20H,17-19H2,1-3H3,(H,27,29). The number of carbonyl (C=O) groups excluding carboxylic acids is 1. The van der Waals surface area contributed by atoms with Crippen LogP contribution in [0, 0.1) is 0 Å². The Labute approximate surface area is 201 Å². The van der Waals surface area contributed by atoms with Crippen LogP contribution in [-0.2, 0) is 14.8 Å². The van der Waals surface area contributed by atoms with Gasteiger partial charge in [-0.25, -0.2) is 8.42 Å². The topological polar surface area (TPSA) is 84.9 Å². The highest BCUT2D eigenvalue weighted by atomic mass is 32.2. The van der Waals surface area contributed by atoms with E-state index in [1.54, 1.807) is 61.7 Å². The predicted molar refractivity (Wildman–Crippen MR) is 133 cm³/mol. The lowest BCUT2D eigenvalue weighted by Crippen LogP contribution is -2.41. The van der Waals surface area contributed by atoms with Gasteiger partial charge in [0.25, 0.3) is 10.0 Å². The number of ether oxygens (including phenoxy) is 2. The predicted octanol–water partition coefficient (Wildman–Crippen LogP) is 4.21. The lowest BCUT2D eigenvalue weighted by Gasteiger charge is -2.24. The minimum absolute atomic E-state index is 0.124. The third-order valence-electron chi connectivity index (χ3n) is 5.22. The summed E-state index contributed by atoms with van der Waals surface area (Å²) in [5.41, 5.74) is 1.51. The second-order valence-corrected chi connectivity index (χ2v) is 9.81. The number of hydrogen-bond donors (Lipinski definition) is 1. The van der Waals surface area contributed by atoms with Crippen molar-refractivity contribution in [2.45, 2.75) is 24.7 Å². The SMILES string of the molecule is COc1ccc(OCCNC(=O)CN(c2ccc(C(C)C)cc2)S(=O)(=O)c2ccccc2)cc1. The normalized spacial score (nSPS) is 11.2. The number of nitrogens with one attached hydrogen (secondary N) is 1. The van der Waals surface area contributed by atoms with Gasteiger partial charge in [0, 0.05) is 0 Å². The van der Waals surface area contributed by atoms with Gasteiger partial charge in [0.1, 0.15) is 24.7 Å². The molecule has 0 radical (unpaired) electrons. The third-order valence-corrected chi connectivity index (χ3v) is 7.01. The molecule has 0 saturated carbocycles. The van der Waals surface area contributed by atoms with Crippen molar-refractivity contribution < 1.29 is 22.7 Å². The molecule has 7 nitrogen and oxygen atoms in total. The lowest BCUT2D eigenvalue weighted by atomic mass is 10.0. The van der Waals surface area contributed by atoms with Crippen LogP contribution in [0.25, 0.3) is 0 Å². The van der Waals surface area contributed by atoms with Crippen molar-refractivity contribution >= 4 is 21.6 Å². The van der Waals surface area contributed by atoms with Crippen molar-refractivity contribution in [1.29, 1.82) is 0 Å². The first-order valence-electron chi connectivity index (χ1n) is 11.0. The molecule has 1 N–H and O–H groups in total. The number of rotatable bonds is 11. The van der Waals surface area contributed by atoms with E-state index >= 15 is 0 Å². The number of carbonyl (C=O) groups is 1. The van der Waals surface area contributed by atoms with E-state index in [1.807, 2.05) is 12.1 Å². The van der Waals surface area contributed by atoms with Gasteiger partial charge in [-0.3, -0.25) is 9.10 Å². The van der Waals surface area contributed by atoms with Gasteiger partial charge in [-0.05, 0) is 60.0 Å². The van der Waals surface area contributed by atoms with Gasteiger partial charge in [0.2, 0.25) is 5.91 Å². The fourth-order valence-corrected chi connectivity index (χ4v) is 4.72. The summed E-state index contributed by atoms with van der Waals surface area (Å²) in [6, 6.07) is 22.4. The van der Waals surface area contributed by atoms with E-state index in [4.69, 9.17) is 9.47 Å². The number of sulfonamides is 1. The zero-order chi connectivity index (χ0) is 24.6. The molecule has 0 atom stereocenters. The van der Waals surface area contributed by atoms with Gasteiger partial charge in [-0.2, -0.15) is 0 Å². The molecular weight excluding hydrogens is 452 g/mol. The summed E-state index contributed by atoms with van der Waals surface area (Å²) < 4.78 is 38.6. The molecule has 0 aliphatic heterocycles. The summed E-state index contributed by atoms with van der Waals surface area (Å²) >= 11 is 0. The van der Waals surface area contributed by atoms with Crippen molar-refractivity contribution in [2.75, 3.05) is 31.1 Å². The van der Waals surface area contributed by atoms with E-state index in [0.717, 1.165) is 15.6 Å². The Morgan fingerprint density at radius 1 is 0.912 bits per heavy atom. The number of amides is 1. The van der Waals surface area contributed by atoms with Crippen LogP contribution < -0.4 is 19.1 Å². The average molecular weight is 483 g/mol. The Bertz CT molecular complexity index is 1160. The Kier molecular flexibility index (Phi) is 8.54. The maximum Gasteiger partial charge on any atom is 0.264 e. The fraction of sp³-hybridized carbons (Fsp3) is 0.269. The summed E-state index contributed by atoms with van der Waals surface area (Å²) in [7, 11) is -2.34. The van der Waals surface area contributed by atoms with E-state index in [-0.39, 0.29) is 24.6 Å². The fourth-order valence-electron chi connectivity index (χ4n) is 3.28. The molecule has 0 bridgehead atoms. The van der Waals surface area contributed by atoms with Crippen molar-refractivity contribution in [3.63, 3.8) is 0 Å². The van der Waals surface area contributed by atoms with Crippen molar-refractivity contribution in [2.24, 2.45) is 0 Å². The first-order chi connectivity index (χ1) is 16.3. The average Bonchev–Trinajstić information content (AvgIpc) is 2.86. The molecule has 0 aliphatic carbocycles. The molecule has 1 amide bonds. The zero-order valence-electron chi connectivity index (χ0n) is 19.6. The van der Waals surface area contributed by atoms with Gasteiger partial charge < -0.3 is 14.8 Å². The molecule has 0 heterocycles. The summed E-state index contributed by atoms with van der Waals surface area (Å²) in [6.45, 7) is 4.26. The quantitative estimate of drug-likeness (QED) is 0.414. The van der Waals surface area contributed by atoms with Crippen molar-refractivity contribution in [3.05, 3.63) is 84.4 Å². The van der Waals surface area contributed by atoms with Crippen LogP contribution in [0.15, 0.2) is 83.8 Å². The summed E-state index contributed by atoms with van der Waals surface area (Å²) in [4.78, 5) is 12.8. The van der Waals surface area contributed by atoms with E-state index in [0.29, 0.717) is 17.4 Å². The molecular formula is C26H30N2O5S. The first-order valence-corrected chi connectivity index (χ1v) is 12.5. The molecule has 8 heteroatoms. The van der Waals surface area contributed by atoms with Crippen LogP contribution >= 0.6 is 0 Å². The molecule has 0 unspecified atom stereocenters. The Morgan fingerprint density at radius 2 is 1.53 bits per heavy atom. The molecule has 3 aromatic carbocycles. The van der Waals surface area contributed by atoms with Crippen molar-refractivity contribution in [3.8, 4) is 11.5 Å². The van der Waals surface area contributed by atoms with E-state index in [2.05, 4.69) is 19.2 Å². The summed E-state index contributed by atoms with van der Waals surface area (Å²) in [6.07, 6.45) is 0. The highest BCUT2D eigenvalue weighted by Crippen LogP contribution is 2.25. The first kappa shape index (κ1) is 25.1. The van der Waals surface area contributed by atoms with Crippen LogP contribution in [0.3, 0.4) is 0 Å². The Hall–Kier alpha value is -3.52. The maximum atomic E-state index is 13.4. The zero-order valence-corrected chi connectivity index (χ0v) is 20.4. The van der Waals surface area contributed by atoms with Crippen LogP contribution in [0.2, 0.25) is 0 Å². The number of nitrogens with zero attached hydrogens (tertiary/aromatic N) is 1. The Morgan fingerprint density at radius 3 is 2.12 bits per heavy atom. The van der Waals surface area contributed by atoms with Gasteiger partial charge in [0.05, 0.1) is 24.2 Å². The van der Waals surface area contributed by atoms with Crippen LogP contribution in [-0.4, -0.2) is 41.1 Å². The second kappa shape index (κ2) is 11.6. The lowest BCUT2D eigenvalue weighted by molar-refractivity contribution is -0.119. The number of hydrogen-bond acceptors (Lipinski definition) is 5. The molecule has 0 fully saturated rings. The van der Waals surface area contributed by atoms with Gasteiger partial charge in [-0.15, -0.1) is 0 Å². The molecule has 0 spiro atoms. The van der Waals surface area contributed by atoms with Gasteiger partial charge in [-0.1, -0.05) is 44.2 Å². The largest absolute Gasteiger partial charge is 0.497 e. The van der Waals surface area contributed by atoms with E-state index in [9.17, 15) is 13.2 Å². The molecule has 0 saturated heterocycles. The molecule has 3 rings (SSSR count). The Balaban J connectivity index is 1.68. The molecule has 3 aromatic rings. The van der Waals surface area contributed by atoms with E-state index in [1.165, 1.54) is 12.1 Å². The van der Waals surface area contributed by atoms with Crippen LogP contribution in [0.4, 0.5) is 5.69 Å². The molecule has 180 valence electrons. The highest BCUT2D eigenvalue weighted by molar-refractivity contribution is 7.92. The number of anilines is 1. The highest BCUT2D eigenvalue weighted by Gasteiger charge is 2.27. The third kappa shape index (κ3) is 6.51. The second-order valence-electron chi connectivity index (χ2n) is 7.94. The van der Waals surface area contributed by atoms with Crippen LogP contribution in [0.5, 0.6) is 11.5 Å². The van der Waals surface area contributed by atoms with Crippen LogP contribution in [0.1, 0.15) is 25.3 Å². The van der Waals surface area contributed by atoms with Crippen molar-refractivity contribution in [1.82, 2.24) is 5.32 Å². The summed E-state index contributed by atoms with van der Waals surface area (Å²) in [5.74, 6) is 1.25. The van der Waals surface area contributed by atoms with Gasteiger partial charge in [0.15, 0.2) is 0 Å².